The summed E-state index contributed by atoms with van der Waals surface area (Å²) in [5, 5.41) is 7.88. The van der Waals surface area contributed by atoms with Crippen LogP contribution in [0.2, 0.25) is 0 Å². The van der Waals surface area contributed by atoms with E-state index in [1.807, 2.05) is 24.5 Å². The molecule has 0 spiro atoms. The highest BCUT2D eigenvalue weighted by Gasteiger charge is 2.20. The molecule has 3 heterocycles. The number of halogens is 2. The summed E-state index contributed by atoms with van der Waals surface area (Å²) in [5.41, 5.74) is 3.19. The molecule has 2 aromatic heterocycles. The summed E-state index contributed by atoms with van der Waals surface area (Å²) >= 11 is 0. The second-order valence-electron chi connectivity index (χ2n) is 7.77. The molecule has 166 valence electrons. The van der Waals surface area contributed by atoms with Crippen molar-refractivity contribution in [1.29, 1.82) is 0 Å². The standard InChI is InChI=1S/C23H29FN6.HI/c1-25-23(27-11-7-17-15-28-22-6-5-18(24)14-21(17)22)29-19-8-12-30(13-9-19)16-20-4-2-3-10-26-20;/h2-6,10,14-15,19,28H,7-9,11-13,16H2,1H3,(H2,25,27,29);1H. The number of piperidine rings is 1. The van der Waals surface area contributed by atoms with Crippen molar-refractivity contribution in [2.75, 3.05) is 26.7 Å². The Morgan fingerprint density at radius 3 is 2.84 bits per heavy atom. The molecule has 0 amide bonds. The minimum absolute atomic E-state index is 0. The van der Waals surface area contributed by atoms with Crippen LogP contribution in [0.15, 0.2) is 53.8 Å². The molecule has 1 aliphatic rings. The highest BCUT2D eigenvalue weighted by Crippen LogP contribution is 2.19. The number of aromatic amines is 1. The Balaban J connectivity index is 0.00000272. The summed E-state index contributed by atoms with van der Waals surface area (Å²) in [5.74, 6) is 0.618. The van der Waals surface area contributed by atoms with E-state index >= 15 is 0 Å². The van der Waals surface area contributed by atoms with Gasteiger partial charge in [0.2, 0.25) is 0 Å². The van der Waals surface area contributed by atoms with E-state index in [0.29, 0.717) is 6.04 Å². The first-order chi connectivity index (χ1) is 14.7. The molecule has 0 bridgehead atoms. The van der Waals surface area contributed by atoms with Gasteiger partial charge in [0.15, 0.2) is 5.96 Å². The summed E-state index contributed by atoms with van der Waals surface area (Å²) in [6.45, 7) is 3.74. The van der Waals surface area contributed by atoms with E-state index in [0.717, 1.165) is 73.6 Å². The minimum atomic E-state index is -0.205. The predicted molar refractivity (Wildman–Crippen MR) is 134 cm³/mol. The van der Waals surface area contributed by atoms with Gasteiger partial charge < -0.3 is 15.6 Å². The van der Waals surface area contributed by atoms with Gasteiger partial charge in [-0.3, -0.25) is 14.9 Å². The third-order valence-electron chi connectivity index (χ3n) is 5.68. The van der Waals surface area contributed by atoms with Gasteiger partial charge in [0.05, 0.1) is 5.69 Å². The lowest BCUT2D eigenvalue weighted by Gasteiger charge is -2.32. The summed E-state index contributed by atoms with van der Waals surface area (Å²) in [6.07, 6.45) is 6.77. The smallest absolute Gasteiger partial charge is 0.191 e. The van der Waals surface area contributed by atoms with Gasteiger partial charge in [0.25, 0.3) is 0 Å². The molecular weight excluding hydrogens is 506 g/mol. The van der Waals surface area contributed by atoms with E-state index in [4.69, 9.17) is 0 Å². The molecule has 0 aliphatic carbocycles. The number of H-pyrrole nitrogens is 1. The number of hydrogen-bond donors (Lipinski definition) is 3. The first kappa shape index (κ1) is 23.5. The maximum absolute atomic E-state index is 13.5. The fourth-order valence-electron chi connectivity index (χ4n) is 4.02. The largest absolute Gasteiger partial charge is 0.361 e. The minimum Gasteiger partial charge on any atom is -0.361 e. The molecule has 1 fully saturated rings. The van der Waals surface area contributed by atoms with E-state index in [1.54, 1.807) is 19.2 Å². The topological polar surface area (TPSA) is 68.3 Å². The first-order valence-corrected chi connectivity index (χ1v) is 10.6. The lowest BCUT2D eigenvalue weighted by molar-refractivity contribution is 0.196. The van der Waals surface area contributed by atoms with Crippen molar-refractivity contribution in [3.05, 3.63) is 65.9 Å². The SMILES string of the molecule is CN=C(NCCc1c[nH]c2ccc(F)cc12)NC1CCN(Cc2ccccn2)CC1.I. The van der Waals surface area contributed by atoms with Gasteiger partial charge in [0.1, 0.15) is 5.82 Å². The number of nitrogens with one attached hydrogen (secondary N) is 3. The van der Waals surface area contributed by atoms with Crippen molar-refractivity contribution in [2.45, 2.75) is 31.8 Å². The number of likely N-dealkylation sites (tertiary alicyclic amines) is 1. The van der Waals surface area contributed by atoms with Crippen LogP contribution in [-0.2, 0) is 13.0 Å². The van der Waals surface area contributed by atoms with Crippen LogP contribution in [0.5, 0.6) is 0 Å². The van der Waals surface area contributed by atoms with Gasteiger partial charge in [0, 0.05) is 62.6 Å². The van der Waals surface area contributed by atoms with Gasteiger partial charge >= 0.3 is 0 Å². The highest BCUT2D eigenvalue weighted by atomic mass is 127. The Morgan fingerprint density at radius 1 is 1.26 bits per heavy atom. The van der Waals surface area contributed by atoms with Gasteiger partial charge in [-0.15, -0.1) is 24.0 Å². The molecule has 0 radical (unpaired) electrons. The number of pyridine rings is 1. The van der Waals surface area contributed by atoms with E-state index < -0.39 is 0 Å². The zero-order chi connectivity index (χ0) is 20.8. The van der Waals surface area contributed by atoms with Gasteiger partial charge in [-0.2, -0.15) is 0 Å². The Hall–Kier alpha value is -2.20. The van der Waals surface area contributed by atoms with Crippen molar-refractivity contribution in [1.82, 2.24) is 25.5 Å². The second-order valence-corrected chi connectivity index (χ2v) is 7.77. The average molecular weight is 536 g/mol. The van der Waals surface area contributed by atoms with Gasteiger partial charge in [-0.05, 0) is 55.2 Å². The van der Waals surface area contributed by atoms with Crippen LogP contribution >= 0.6 is 24.0 Å². The van der Waals surface area contributed by atoms with Crippen LogP contribution in [0.4, 0.5) is 4.39 Å². The zero-order valence-corrected chi connectivity index (χ0v) is 20.1. The van der Waals surface area contributed by atoms with E-state index in [1.165, 1.54) is 6.07 Å². The number of aliphatic imine (C=N–C) groups is 1. The summed E-state index contributed by atoms with van der Waals surface area (Å²) in [6, 6.07) is 11.3. The molecule has 3 aromatic rings. The summed E-state index contributed by atoms with van der Waals surface area (Å²) < 4.78 is 13.5. The number of guanidine groups is 1. The lowest BCUT2D eigenvalue weighted by Crippen LogP contribution is -2.48. The second kappa shape index (κ2) is 11.4. The monoisotopic (exact) mass is 536 g/mol. The number of benzene rings is 1. The Morgan fingerprint density at radius 2 is 2.10 bits per heavy atom. The third kappa shape index (κ3) is 6.39. The molecule has 8 heteroatoms. The Bertz CT molecular complexity index is 982. The van der Waals surface area contributed by atoms with Crippen molar-refractivity contribution < 1.29 is 4.39 Å². The normalized spacial score (nSPS) is 15.6. The van der Waals surface area contributed by atoms with Gasteiger partial charge in [-0.25, -0.2) is 4.39 Å². The van der Waals surface area contributed by atoms with E-state index in [2.05, 4.69) is 36.6 Å². The van der Waals surface area contributed by atoms with Crippen molar-refractivity contribution >= 4 is 40.8 Å². The first-order valence-electron chi connectivity index (χ1n) is 10.6. The van der Waals surface area contributed by atoms with Crippen LogP contribution in [-0.4, -0.2) is 53.6 Å². The molecule has 0 saturated carbocycles. The Kier molecular flexibility index (Phi) is 8.65. The predicted octanol–water partition coefficient (Wildman–Crippen LogP) is 3.69. The Labute approximate surface area is 199 Å². The van der Waals surface area contributed by atoms with Crippen molar-refractivity contribution in [3.8, 4) is 0 Å². The molecule has 0 unspecified atom stereocenters. The zero-order valence-electron chi connectivity index (χ0n) is 17.8. The van der Waals surface area contributed by atoms with Crippen LogP contribution < -0.4 is 10.6 Å². The molecule has 1 aromatic carbocycles. The fourth-order valence-corrected chi connectivity index (χ4v) is 4.02. The molecule has 0 atom stereocenters. The third-order valence-corrected chi connectivity index (χ3v) is 5.68. The average Bonchev–Trinajstić information content (AvgIpc) is 3.17. The summed E-state index contributed by atoms with van der Waals surface area (Å²) in [4.78, 5) is 14.4. The number of hydrogen-bond acceptors (Lipinski definition) is 3. The van der Waals surface area contributed by atoms with E-state index in [-0.39, 0.29) is 29.8 Å². The van der Waals surface area contributed by atoms with Crippen LogP contribution in [0.1, 0.15) is 24.1 Å². The molecule has 3 N–H and O–H groups in total. The van der Waals surface area contributed by atoms with Crippen LogP contribution in [0.3, 0.4) is 0 Å². The van der Waals surface area contributed by atoms with Crippen LogP contribution in [0, 0.1) is 5.82 Å². The number of nitrogens with zero attached hydrogens (tertiary/aromatic N) is 3. The molecule has 31 heavy (non-hydrogen) atoms. The summed E-state index contributed by atoms with van der Waals surface area (Å²) in [7, 11) is 1.80. The quantitative estimate of drug-likeness (QED) is 0.256. The van der Waals surface area contributed by atoms with Crippen molar-refractivity contribution in [2.24, 2.45) is 4.99 Å². The highest BCUT2D eigenvalue weighted by molar-refractivity contribution is 14.0. The lowest BCUT2D eigenvalue weighted by atomic mass is 10.0. The van der Waals surface area contributed by atoms with E-state index in [9.17, 15) is 4.39 Å². The molecule has 1 saturated heterocycles. The van der Waals surface area contributed by atoms with Gasteiger partial charge in [-0.1, -0.05) is 6.07 Å². The van der Waals surface area contributed by atoms with Crippen molar-refractivity contribution in [3.63, 3.8) is 0 Å². The number of aromatic nitrogens is 2. The number of fused-ring (bicyclic) bond motifs is 1. The fraction of sp³-hybridized carbons (Fsp3) is 0.391. The van der Waals surface area contributed by atoms with Crippen LogP contribution in [0.25, 0.3) is 10.9 Å². The maximum Gasteiger partial charge on any atom is 0.191 e. The maximum atomic E-state index is 13.5. The molecule has 6 nitrogen and oxygen atoms in total. The molecule has 1 aliphatic heterocycles. The number of rotatable bonds is 6. The molecular formula is C23H30FIN6. The molecule has 4 rings (SSSR count).